The number of hydrogen-bond acceptors (Lipinski definition) is 5. The van der Waals surface area contributed by atoms with Gasteiger partial charge in [-0.15, -0.1) is 0 Å². The lowest BCUT2D eigenvalue weighted by Gasteiger charge is -1.96. The van der Waals surface area contributed by atoms with Gasteiger partial charge in [0.25, 0.3) is 0 Å². The second-order valence-electron chi connectivity index (χ2n) is 6.02. The first kappa shape index (κ1) is 24.4. The molecule has 27 heavy (non-hydrogen) atoms. The standard InChI is InChI=1S/C20H29N2O5/c1-2-3-4-5-6-9-14-19(21(24)25)15-10-7-8-11-16-20(22(26)27)17-12-13-18-23/h6-9,15-16H,2-5,10-14,17H2,1H3/b8-7-,9-6-,19-15+,20-16+. The van der Waals surface area contributed by atoms with Gasteiger partial charge in [-0.05, 0) is 44.3 Å². The molecule has 0 bridgehead atoms. The van der Waals surface area contributed by atoms with E-state index in [1.807, 2.05) is 12.2 Å². The average Bonchev–Trinajstić information content (AvgIpc) is 2.63. The van der Waals surface area contributed by atoms with Crippen LogP contribution in [0.4, 0.5) is 0 Å². The van der Waals surface area contributed by atoms with E-state index in [0.717, 1.165) is 25.7 Å². The third-order valence-corrected chi connectivity index (χ3v) is 3.79. The Morgan fingerprint density at radius 3 is 2.07 bits per heavy atom. The first-order chi connectivity index (χ1) is 13.0. The summed E-state index contributed by atoms with van der Waals surface area (Å²) in [5.74, 6) is 0. The highest BCUT2D eigenvalue weighted by molar-refractivity contribution is 5.50. The molecule has 7 nitrogen and oxygen atoms in total. The zero-order valence-corrected chi connectivity index (χ0v) is 16.0. The minimum atomic E-state index is -0.448. The van der Waals surface area contributed by atoms with Crippen LogP contribution in [0.5, 0.6) is 0 Å². The van der Waals surface area contributed by atoms with Crippen LogP contribution in [0.25, 0.3) is 0 Å². The van der Waals surface area contributed by atoms with Crippen molar-refractivity contribution in [3.05, 3.63) is 68.1 Å². The molecule has 0 aromatic heterocycles. The van der Waals surface area contributed by atoms with Crippen LogP contribution in [-0.2, 0) is 4.79 Å². The first-order valence-electron chi connectivity index (χ1n) is 9.34. The molecular formula is C20H29N2O5. The molecule has 0 unspecified atom stereocenters. The zero-order valence-electron chi connectivity index (χ0n) is 16.0. The lowest BCUT2D eigenvalue weighted by atomic mass is 10.1. The van der Waals surface area contributed by atoms with Crippen molar-refractivity contribution in [3.8, 4) is 0 Å². The van der Waals surface area contributed by atoms with E-state index < -0.39 is 4.92 Å². The van der Waals surface area contributed by atoms with E-state index in [4.69, 9.17) is 0 Å². The van der Waals surface area contributed by atoms with E-state index in [0.29, 0.717) is 25.7 Å². The molecule has 0 N–H and O–H groups in total. The summed E-state index contributed by atoms with van der Waals surface area (Å²) in [6, 6.07) is 0. The monoisotopic (exact) mass is 377 g/mol. The summed E-state index contributed by atoms with van der Waals surface area (Å²) in [6.07, 6.45) is 18.3. The summed E-state index contributed by atoms with van der Waals surface area (Å²) in [4.78, 5) is 31.2. The highest BCUT2D eigenvalue weighted by Crippen LogP contribution is 2.10. The Morgan fingerprint density at radius 1 is 0.889 bits per heavy atom. The molecule has 0 amide bonds. The molecule has 1 radical (unpaired) electrons. The first-order valence-corrected chi connectivity index (χ1v) is 9.34. The Morgan fingerprint density at radius 2 is 1.52 bits per heavy atom. The maximum Gasteiger partial charge on any atom is 0.246 e. The van der Waals surface area contributed by atoms with E-state index in [-0.39, 0.29) is 29.2 Å². The lowest BCUT2D eigenvalue weighted by Crippen LogP contribution is -1.98. The molecule has 0 aliphatic heterocycles. The van der Waals surface area contributed by atoms with Gasteiger partial charge in [0.05, 0.1) is 16.3 Å². The van der Waals surface area contributed by atoms with Gasteiger partial charge >= 0.3 is 0 Å². The smallest absolute Gasteiger partial charge is 0.246 e. The highest BCUT2D eigenvalue weighted by atomic mass is 16.6. The van der Waals surface area contributed by atoms with Crippen molar-refractivity contribution in [1.82, 2.24) is 0 Å². The number of nitro groups is 2. The summed E-state index contributed by atoms with van der Waals surface area (Å²) in [6.45, 7) is 2.13. The van der Waals surface area contributed by atoms with Crippen LogP contribution < -0.4 is 0 Å². The third kappa shape index (κ3) is 14.3. The molecule has 0 atom stereocenters. The van der Waals surface area contributed by atoms with Gasteiger partial charge in [0.1, 0.15) is 0 Å². The fourth-order valence-electron chi connectivity index (χ4n) is 2.28. The predicted molar refractivity (Wildman–Crippen MR) is 106 cm³/mol. The SMILES string of the molecule is CCCCC/C=C\C/C(=C\C/C=C\C/C=C(\CCC[C]=O)[N+](=O)[O-])[N+](=O)[O-]. The van der Waals surface area contributed by atoms with Crippen molar-refractivity contribution in [2.75, 3.05) is 0 Å². The molecule has 7 heteroatoms. The van der Waals surface area contributed by atoms with Gasteiger partial charge in [-0.1, -0.05) is 44.1 Å². The van der Waals surface area contributed by atoms with Gasteiger partial charge in [-0.2, -0.15) is 0 Å². The van der Waals surface area contributed by atoms with Gasteiger partial charge < -0.3 is 0 Å². The number of nitrogens with zero attached hydrogens (tertiary/aromatic N) is 2. The van der Waals surface area contributed by atoms with Gasteiger partial charge in [-0.25, -0.2) is 0 Å². The van der Waals surface area contributed by atoms with Crippen molar-refractivity contribution >= 4 is 6.29 Å². The van der Waals surface area contributed by atoms with Crippen molar-refractivity contribution < 1.29 is 14.6 Å². The minimum absolute atomic E-state index is 0.0737. The largest absolute Gasteiger partial charge is 0.291 e. The van der Waals surface area contributed by atoms with Gasteiger partial charge in [0.15, 0.2) is 6.29 Å². The van der Waals surface area contributed by atoms with Gasteiger partial charge in [0, 0.05) is 12.8 Å². The number of allylic oxidation sites excluding steroid dienone is 7. The predicted octanol–water partition coefficient (Wildman–Crippen LogP) is 5.45. The molecule has 0 aromatic rings. The molecule has 149 valence electrons. The topological polar surface area (TPSA) is 103 Å². The van der Waals surface area contributed by atoms with E-state index in [1.54, 1.807) is 24.5 Å². The van der Waals surface area contributed by atoms with Crippen LogP contribution in [0.15, 0.2) is 47.9 Å². The second kappa shape index (κ2) is 16.9. The number of unbranched alkanes of at least 4 members (excludes halogenated alkanes) is 4. The van der Waals surface area contributed by atoms with Crippen LogP contribution in [-0.4, -0.2) is 16.1 Å². The molecule has 0 saturated heterocycles. The quantitative estimate of drug-likeness (QED) is 0.154. The van der Waals surface area contributed by atoms with Crippen molar-refractivity contribution in [3.63, 3.8) is 0 Å². The van der Waals surface area contributed by atoms with Crippen LogP contribution >= 0.6 is 0 Å². The number of carbonyl (C=O) groups excluding carboxylic acids is 1. The fraction of sp³-hybridized carbons (Fsp3) is 0.550. The van der Waals surface area contributed by atoms with Crippen molar-refractivity contribution in [1.29, 1.82) is 0 Å². The molecule has 0 fully saturated rings. The highest BCUT2D eigenvalue weighted by Gasteiger charge is 2.09. The Balaban J connectivity index is 4.41. The summed E-state index contributed by atoms with van der Waals surface area (Å²) < 4.78 is 0. The molecular weight excluding hydrogens is 348 g/mol. The maximum atomic E-state index is 11.0. The third-order valence-electron chi connectivity index (χ3n) is 3.79. The minimum Gasteiger partial charge on any atom is -0.291 e. The summed E-state index contributed by atoms with van der Waals surface area (Å²) >= 11 is 0. The average molecular weight is 377 g/mol. The molecule has 0 aliphatic carbocycles. The lowest BCUT2D eigenvalue weighted by molar-refractivity contribution is -0.428. The Hall–Kier alpha value is -2.57. The van der Waals surface area contributed by atoms with E-state index in [9.17, 15) is 25.0 Å². The fourth-order valence-corrected chi connectivity index (χ4v) is 2.28. The summed E-state index contributed by atoms with van der Waals surface area (Å²) in [7, 11) is 0. The molecule has 0 aromatic carbocycles. The Labute approximate surface area is 160 Å². The van der Waals surface area contributed by atoms with Crippen LogP contribution in [0.2, 0.25) is 0 Å². The van der Waals surface area contributed by atoms with Gasteiger partial charge in [-0.3, -0.25) is 25.0 Å². The number of rotatable bonds is 16. The summed E-state index contributed by atoms with van der Waals surface area (Å²) in [5.41, 5.74) is 0.225. The van der Waals surface area contributed by atoms with E-state index >= 15 is 0 Å². The van der Waals surface area contributed by atoms with Gasteiger partial charge in [0.2, 0.25) is 11.4 Å². The molecule has 0 spiro atoms. The van der Waals surface area contributed by atoms with Crippen LogP contribution in [0.1, 0.15) is 71.1 Å². The number of hydrogen-bond donors (Lipinski definition) is 0. The van der Waals surface area contributed by atoms with Crippen LogP contribution in [0.3, 0.4) is 0 Å². The second-order valence-corrected chi connectivity index (χ2v) is 6.02. The zero-order chi connectivity index (χ0) is 20.3. The van der Waals surface area contributed by atoms with Crippen LogP contribution in [0, 0.1) is 20.2 Å². The molecule has 0 heterocycles. The molecule has 0 aliphatic rings. The Kier molecular flexibility index (Phi) is 15.3. The maximum absolute atomic E-state index is 11.0. The normalized spacial score (nSPS) is 12.8. The van der Waals surface area contributed by atoms with Crippen molar-refractivity contribution in [2.45, 2.75) is 71.1 Å². The van der Waals surface area contributed by atoms with E-state index in [1.165, 1.54) is 6.08 Å². The summed E-state index contributed by atoms with van der Waals surface area (Å²) in [5, 5.41) is 21.9. The molecule has 0 saturated carbocycles. The molecule has 0 rings (SSSR count). The Bertz CT molecular complexity index is 577. The van der Waals surface area contributed by atoms with E-state index in [2.05, 4.69) is 6.92 Å². The van der Waals surface area contributed by atoms with Crippen molar-refractivity contribution in [2.24, 2.45) is 0 Å².